The molecule has 2 aromatic heterocycles. The number of aromatic nitrogens is 4. The molecule has 1 atom stereocenters. The number of carbonyl (C=O) groups is 1. The molecule has 0 bridgehead atoms. The van der Waals surface area contributed by atoms with Crippen LogP contribution in [0.2, 0.25) is 0 Å². The monoisotopic (exact) mass is 344 g/mol. The molecule has 4 heterocycles. The Morgan fingerprint density at radius 2 is 2.28 bits per heavy atom. The number of hydrogen-bond donors (Lipinski definition) is 2. The predicted octanol–water partition coefficient (Wildman–Crippen LogP) is 0.557. The normalized spacial score (nSPS) is 19.9. The Balaban J connectivity index is 1.66. The summed E-state index contributed by atoms with van der Waals surface area (Å²) in [5.41, 5.74) is 8.60. The van der Waals surface area contributed by atoms with Gasteiger partial charge in [-0.3, -0.25) is 4.68 Å². The minimum Gasteiger partial charge on any atom is -0.476 e. The minimum absolute atomic E-state index is 0.105. The number of fused-ring (bicyclic) bond motifs is 1. The van der Waals surface area contributed by atoms with Crippen LogP contribution in [0, 0.1) is 0 Å². The lowest BCUT2D eigenvalue weighted by atomic mass is 10.0. The summed E-state index contributed by atoms with van der Waals surface area (Å²) < 4.78 is 7.10. The molecule has 1 fully saturated rings. The molecule has 0 aromatic carbocycles. The van der Waals surface area contributed by atoms with Crippen molar-refractivity contribution in [3.05, 3.63) is 28.7 Å². The van der Waals surface area contributed by atoms with E-state index < -0.39 is 5.97 Å². The van der Waals surface area contributed by atoms with Gasteiger partial charge in [-0.05, 0) is 6.42 Å². The molecule has 2 aliphatic rings. The maximum absolute atomic E-state index is 11.5. The first kappa shape index (κ1) is 15.8. The number of nitrogens with zero attached hydrogens (tertiary/aromatic N) is 5. The molecule has 132 valence electrons. The quantitative estimate of drug-likeness (QED) is 0.829. The Hall–Kier alpha value is -2.68. The largest absolute Gasteiger partial charge is 0.476 e. The SMILES string of the molecule is Cn1nc(C(=O)O)c2c1CCN(c1cc([C@H]3CCOC3)nc(N)n1)C2. The number of aromatic carboxylic acids is 1. The van der Waals surface area contributed by atoms with E-state index in [2.05, 4.69) is 15.1 Å². The number of rotatable bonds is 3. The molecule has 25 heavy (non-hydrogen) atoms. The maximum Gasteiger partial charge on any atom is 0.356 e. The van der Waals surface area contributed by atoms with Crippen LogP contribution >= 0.6 is 0 Å². The molecule has 2 aliphatic heterocycles. The first-order valence-electron chi connectivity index (χ1n) is 8.28. The standard InChI is InChI=1S/C16H20N6O3/c1-21-12-2-4-22(7-10(12)14(20-21)15(23)24)13-6-11(18-16(17)19-13)9-3-5-25-8-9/h6,9H,2-5,7-8H2,1H3,(H,23,24)(H2,17,18,19)/t9-/m0/s1. The number of carboxylic acid groups (broad SMARTS) is 1. The van der Waals surface area contributed by atoms with Crippen LogP contribution < -0.4 is 10.6 Å². The lowest BCUT2D eigenvalue weighted by molar-refractivity contribution is 0.0688. The fraction of sp³-hybridized carbons (Fsp3) is 0.500. The van der Waals surface area contributed by atoms with E-state index in [0.29, 0.717) is 19.6 Å². The first-order chi connectivity index (χ1) is 12.0. The summed E-state index contributed by atoms with van der Waals surface area (Å²) in [7, 11) is 1.78. The molecule has 4 rings (SSSR count). The van der Waals surface area contributed by atoms with E-state index in [9.17, 15) is 9.90 Å². The van der Waals surface area contributed by atoms with Crippen molar-refractivity contribution < 1.29 is 14.6 Å². The molecule has 1 saturated heterocycles. The van der Waals surface area contributed by atoms with Crippen molar-refractivity contribution in [2.24, 2.45) is 7.05 Å². The Labute approximate surface area is 144 Å². The summed E-state index contributed by atoms with van der Waals surface area (Å²) in [5, 5.41) is 13.5. The molecule has 3 N–H and O–H groups in total. The Kier molecular flexibility index (Phi) is 3.79. The van der Waals surface area contributed by atoms with Crippen molar-refractivity contribution in [1.29, 1.82) is 0 Å². The van der Waals surface area contributed by atoms with Crippen LogP contribution in [0.3, 0.4) is 0 Å². The van der Waals surface area contributed by atoms with E-state index >= 15 is 0 Å². The van der Waals surface area contributed by atoms with Crippen LogP contribution in [0.1, 0.15) is 39.8 Å². The number of nitrogens with two attached hydrogens (primary N) is 1. The summed E-state index contributed by atoms with van der Waals surface area (Å²) >= 11 is 0. The van der Waals surface area contributed by atoms with Gasteiger partial charge in [-0.1, -0.05) is 0 Å². The maximum atomic E-state index is 11.5. The Morgan fingerprint density at radius 3 is 3.00 bits per heavy atom. The van der Waals surface area contributed by atoms with Gasteiger partial charge in [0.1, 0.15) is 5.82 Å². The summed E-state index contributed by atoms with van der Waals surface area (Å²) in [6.45, 7) is 2.55. The second-order valence-corrected chi connectivity index (χ2v) is 6.44. The number of ether oxygens (including phenoxy) is 1. The van der Waals surface area contributed by atoms with E-state index in [-0.39, 0.29) is 17.6 Å². The minimum atomic E-state index is -1.01. The van der Waals surface area contributed by atoms with Crippen LogP contribution in [0.25, 0.3) is 0 Å². The second-order valence-electron chi connectivity index (χ2n) is 6.44. The van der Waals surface area contributed by atoms with E-state index in [4.69, 9.17) is 10.5 Å². The highest BCUT2D eigenvalue weighted by molar-refractivity contribution is 5.87. The molecule has 0 spiro atoms. The van der Waals surface area contributed by atoms with Crippen LogP contribution in [-0.4, -0.2) is 50.6 Å². The molecule has 9 heteroatoms. The Bertz CT molecular complexity index is 828. The third kappa shape index (κ3) is 2.80. The zero-order valence-corrected chi connectivity index (χ0v) is 14.0. The Morgan fingerprint density at radius 1 is 1.44 bits per heavy atom. The fourth-order valence-electron chi connectivity index (χ4n) is 3.57. The van der Waals surface area contributed by atoms with Gasteiger partial charge in [0, 0.05) is 56.4 Å². The van der Waals surface area contributed by atoms with E-state index in [1.165, 1.54) is 0 Å². The van der Waals surface area contributed by atoms with Gasteiger partial charge in [0.15, 0.2) is 5.69 Å². The lowest BCUT2D eigenvalue weighted by Gasteiger charge is -2.29. The van der Waals surface area contributed by atoms with E-state index in [0.717, 1.165) is 42.3 Å². The summed E-state index contributed by atoms with van der Waals surface area (Å²) in [4.78, 5) is 22.2. The predicted molar refractivity (Wildman–Crippen MR) is 89.5 cm³/mol. The van der Waals surface area contributed by atoms with Gasteiger partial charge in [-0.25, -0.2) is 9.78 Å². The van der Waals surface area contributed by atoms with Crippen molar-refractivity contribution in [1.82, 2.24) is 19.7 Å². The zero-order valence-electron chi connectivity index (χ0n) is 14.0. The number of carboxylic acids is 1. The number of nitrogen functional groups attached to an aromatic ring is 1. The highest BCUT2D eigenvalue weighted by Gasteiger charge is 2.28. The number of aryl methyl sites for hydroxylation is 1. The lowest BCUT2D eigenvalue weighted by Crippen LogP contribution is -2.32. The van der Waals surface area contributed by atoms with Crippen molar-refractivity contribution in [2.45, 2.75) is 25.3 Å². The van der Waals surface area contributed by atoms with E-state index in [1.807, 2.05) is 11.0 Å². The van der Waals surface area contributed by atoms with Gasteiger partial charge in [-0.2, -0.15) is 10.1 Å². The van der Waals surface area contributed by atoms with Gasteiger partial charge in [0.05, 0.1) is 12.3 Å². The van der Waals surface area contributed by atoms with Crippen LogP contribution in [0.5, 0.6) is 0 Å². The summed E-state index contributed by atoms with van der Waals surface area (Å²) in [5.74, 6) is 0.178. The third-order valence-corrected chi connectivity index (χ3v) is 4.87. The number of anilines is 2. The molecule has 2 aromatic rings. The van der Waals surface area contributed by atoms with Crippen LogP contribution in [-0.2, 0) is 24.8 Å². The zero-order chi connectivity index (χ0) is 17.6. The van der Waals surface area contributed by atoms with Gasteiger partial charge in [0.25, 0.3) is 0 Å². The van der Waals surface area contributed by atoms with Gasteiger partial charge in [-0.15, -0.1) is 0 Å². The second kappa shape index (κ2) is 5.99. The molecule has 0 unspecified atom stereocenters. The molecule has 0 saturated carbocycles. The molecular weight excluding hydrogens is 324 g/mol. The van der Waals surface area contributed by atoms with Gasteiger partial charge in [0.2, 0.25) is 5.95 Å². The average molecular weight is 344 g/mol. The average Bonchev–Trinajstić information content (AvgIpc) is 3.22. The molecular formula is C16H20N6O3. The summed E-state index contributed by atoms with van der Waals surface area (Å²) in [6.07, 6.45) is 1.63. The van der Waals surface area contributed by atoms with E-state index in [1.54, 1.807) is 11.7 Å². The summed E-state index contributed by atoms with van der Waals surface area (Å²) in [6, 6.07) is 1.94. The topological polar surface area (TPSA) is 119 Å². The molecule has 0 amide bonds. The van der Waals surface area contributed by atoms with Crippen molar-refractivity contribution in [3.63, 3.8) is 0 Å². The highest BCUT2D eigenvalue weighted by atomic mass is 16.5. The van der Waals surface area contributed by atoms with Crippen molar-refractivity contribution >= 4 is 17.7 Å². The van der Waals surface area contributed by atoms with Gasteiger partial charge >= 0.3 is 5.97 Å². The van der Waals surface area contributed by atoms with Crippen molar-refractivity contribution in [3.8, 4) is 0 Å². The first-order valence-corrected chi connectivity index (χ1v) is 8.28. The smallest absolute Gasteiger partial charge is 0.356 e. The molecule has 9 nitrogen and oxygen atoms in total. The molecule has 0 radical (unpaired) electrons. The number of hydrogen-bond acceptors (Lipinski definition) is 7. The fourth-order valence-corrected chi connectivity index (χ4v) is 3.57. The molecule has 0 aliphatic carbocycles. The third-order valence-electron chi connectivity index (χ3n) is 4.87. The van der Waals surface area contributed by atoms with Crippen LogP contribution in [0.15, 0.2) is 6.07 Å². The van der Waals surface area contributed by atoms with Crippen LogP contribution in [0.4, 0.5) is 11.8 Å². The van der Waals surface area contributed by atoms with Gasteiger partial charge < -0.3 is 20.5 Å². The highest BCUT2D eigenvalue weighted by Crippen LogP contribution is 2.30. The van der Waals surface area contributed by atoms with Crippen molar-refractivity contribution in [2.75, 3.05) is 30.4 Å².